The molecule has 3 aromatic rings. The normalized spacial score (nSPS) is 10.4. The second-order valence-electron chi connectivity index (χ2n) is 5.91. The van der Waals surface area contributed by atoms with Crippen LogP contribution in [0.15, 0.2) is 48.5 Å². The predicted molar refractivity (Wildman–Crippen MR) is 104 cm³/mol. The topological polar surface area (TPSA) is 57.0 Å². The molecule has 6 heteroatoms. The Balaban J connectivity index is 1.79. The maximum atomic E-state index is 12.8. The lowest BCUT2D eigenvalue weighted by atomic mass is 10.1. The van der Waals surface area contributed by atoms with Crippen LogP contribution in [0.4, 0.5) is 0 Å². The van der Waals surface area contributed by atoms with E-state index in [9.17, 15) is 4.79 Å². The van der Waals surface area contributed by atoms with E-state index in [1.807, 2.05) is 43.3 Å². The standard InChI is InChI=1S/C20H16ClN3OS/c1-13-18(26-19(23-13)16-4-3-5-17(21)10-16)20(25)24(2)12-15-8-6-14(11-22)7-9-15/h3-10H,12H2,1-2H3. The lowest BCUT2D eigenvalue weighted by Crippen LogP contribution is -2.26. The molecule has 2 aromatic carbocycles. The molecule has 130 valence electrons. The van der Waals surface area contributed by atoms with Crippen LogP contribution in [0.2, 0.25) is 5.02 Å². The number of carbonyl (C=O) groups excluding carboxylic acids is 1. The van der Waals surface area contributed by atoms with Gasteiger partial charge in [-0.3, -0.25) is 4.79 Å². The number of rotatable bonds is 4. The van der Waals surface area contributed by atoms with Gasteiger partial charge in [-0.25, -0.2) is 4.98 Å². The number of nitrogens with zero attached hydrogens (tertiary/aromatic N) is 3. The summed E-state index contributed by atoms with van der Waals surface area (Å²) in [4.78, 5) is 19.6. The Morgan fingerprint density at radius 2 is 2.00 bits per heavy atom. The summed E-state index contributed by atoms with van der Waals surface area (Å²) in [5.74, 6) is -0.0716. The molecule has 0 radical (unpaired) electrons. The predicted octanol–water partition coefficient (Wildman–Crippen LogP) is 4.92. The number of hydrogen-bond acceptors (Lipinski definition) is 4. The van der Waals surface area contributed by atoms with Gasteiger partial charge in [-0.05, 0) is 36.8 Å². The van der Waals surface area contributed by atoms with Crippen molar-refractivity contribution >= 4 is 28.8 Å². The third kappa shape index (κ3) is 3.93. The highest BCUT2D eigenvalue weighted by Crippen LogP contribution is 2.30. The van der Waals surface area contributed by atoms with Crippen molar-refractivity contribution in [1.29, 1.82) is 5.26 Å². The van der Waals surface area contributed by atoms with Crippen LogP contribution < -0.4 is 0 Å². The second kappa shape index (κ2) is 7.69. The number of amides is 1. The van der Waals surface area contributed by atoms with Gasteiger partial charge >= 0.3 is 0 Å². The molecule has 0 saturated carbocycles. The minimum Gasteiger partial charge on any atom is -0.337 e. The molecule has 1 heterocycles. The molecule has 0 aliphatic carbocycles. The van der Waals surface area contributed by atoms with Crippen molar-refractivity contribution in [2.45, 2.75) is 13.5 Å². The molecule has 0 saturated heterocycles. The summed E-state index contributed by atoms with van der Waals surface area (Å²) in [6.45, 7) is 2.31. The van der Waals surface area contributed by atoms with Gasteiger partial charge in [-0.1, -0.05) is 35.9 Å². The molecule has 0 bridgehead atoms. The molecule has 0 fully saturated rings. The molecule has 0 atom stereocenters. The third-order valence-electron chi connectivity index (χ3n) is 3.91. The summed E-state index contributed by atoms with van der Waals surface area (Å²) in [5, 5.41) is 10.3. The molecule has 3 rings (SSSR count). The fourth-order valence-corrected chi connectivity index (χ4v) is 3.79. The molecule has 4 nitrogen and oxygen atoms in total. The summed E-state index contributed by atoms with van der Waals surface area (Å²) in [7, 11) is 1.76. The zero-order valence-corrected chi connectivity index (χ0v) is 15.9. The van der Waals surface area contributed by atoms with Crippen LogP contribution in [0, 0.1) is 18.3 Å². The van der Waals surface area contributed by atoms with E-state index in [0.29, 0.717) is 27.7 Å². The van der Waals surface area contributed by atoms with E-state index in [2.05, 4.69) is 11.1 Å². The number of benzene rings is 2. The van der Waals surface area contributed by atoms with E-state index in [-0.39, 0.29) is 5.91 Å². The average molecular weight is 382 g/mol. The molecule has 0 spiro atoms. The zero-order valence-electron chi connectivity index (χ0n) is 14.4. The molecule has 1 amide bonds. The Labute approximate surface area is 161 Å². The second-order valence-corrected chi connectivity index (χ2v) is 7.35. The van der Waals surface area contributed by atoms with E-state index in [1.165, 1.54) is 11.3 Å². The van der Waals surface area contributed by atoms with Crippen molar-refractivity contribution in [2.75, 3.05) is 7.05 Å². The van der Waals surface area contributed by atoms with Crippen LogP contribution >= 0.6 is 22.9 Å². The molecule has 0 aliphatic rings. The minimum absolute atomic E-state index is 0.0716. The smallest absolute Gasteiger partial charge is 0.265 e. The van der Waals surface area contributed by atoms with Gasteiger partial charge in [-0.2, -0.15) is 5.26 Å². The summed E-state index contributed by atoms with van der Waals surface area (Å²) >= 11 is 7.42. The van der Waals surface area contributed by atoms with Crippen molar-refractivity contribution in [3.63, 3.8) is 0 Å². The van der Waals surface area contributed by atoms with Crippen LogP contribution in [-0.4, -0.2) is 22.8 Å². The monoisotopic (exact) mass is 381 g/mol. The van der Waals surface area contributed by atoms with Gasteiger partial charge in [0.1, 0.15) is 9.88 Å². The highest BCUT2D eigenvalue weighted by atomic mass is 35.5. The quantitative estimate of drug-likeness (QED) is 0.644. The Kier molecular flexibility index (Phi) is 5.36. The maximum absolute atomic E-state index is 12.8. The largest absolute Gasteiger partial charge is 0.337 e. The Hall–Kier alpha value is -2.68. The number of thiazole rings is 1. The summed E-state index contributed by atoms with van der Waals surface area (Å²) < 4.78 is 0. The highest BCUT2D eigenvalue weighted by molar-refractivity contribution is 7.17. The van der Waals surface area contributed by atoms with Crippen LogP contribution in [-0.2, 0) is 6.54 Å². The lowest BCUT2D eigenvalue weighted by molar-refractivity contribution is 0.0789. The van der Waals surface area contributed by atoms with Gasteiger partial charge in [0, 0.05) is 24.2 Å². The van der Waals surface area contributed by atoms with E-state index >= 15 is 0 Å². The first-order valence-electron chi connectivity index (χ1n) is 7.96. The van der Waals surface area contributed by atoms with Crippen molar-refractivity contribution in [3.05, 3.63) is 75.3 Å². The Morgan fingerprint density at radius 3 is 2.65 bits per heavy atom. The molecule has 0 N–H and O–H groups in total. The maximum Gasteiger partial charge on any atom is 0.265 e. The lowest BCUT2D eigenvalue weighted by Gasteiger charge is -2.16. The van der Waals surface area contributed by atoms with Crippen LogP contribution in [0.5, 0.6) is 0 Å². The van der Waals surface area contributed by atoms with Crippen molar-refractivity contribution in [3.8, 4) is 16.6 Å². The van der Waals surface area contributed by atoms with Crippen LogP contribution in [0.25, 0.3) is 10.6 Å². The van der Waals surface area contributed by atoms with Crippen LogP contribution in [0.3, 0.4) is 0 Å². The molecule has 1 aromatic heterocycles. The van der Waals surface area contributed by atoms with Crippen LogP contribution in [0.1, 0.15) is 26.5 Å². The van der Waals surface area contributed by atoms with E-state index in [0.717, 1.165) is 16.1 Å². The van der Waals surface area contributed by atoms with Gasteiger partial charge < -0.3 is 4.90 Å². The van der Waals surface area contributed by atoms with Gasteiger partial charge in [0.2, 0.25) is 0 Å². The number of halogens is 1. The van der Waals surface area contributed by atoms with Gasteiger partial charge in [0.15, 0.2) is 0 Å². The van der Waals surface area contributed by atoms with Gasteiger partial charge in [-0.15, -0.1) is 11.3 Å². The summed E-state index contributed by atoms with van der Waals surface area (Å²) in [5.41, 5.74) is 3.19. The molecular formula is C20H16ClN3OS. The van der Waals surface area contributed by atoms with E-state index < -0.39 is 0 Å². The third-order valence-corrected chi connectivity index (χ3v) is 5.34. The first-order valence-corrected chi connectivity index (χ1v) is 9.15. The fourth-order valence-electron chi connectivity index (χ4n) is 2.54. The molecule has 0 unspecified atom stereocenters. The molecule has 0 aliphatic heterocycles. The number of aryl methyl sites for hydroxylation is 1. The summed E-state index contributed by atoms with van der Waals surface area (Å²) in [6, 6.07) is 16.8. The van der Waals surface area contributed by atoms with Crippen molar-refractivity contribution in [2.24, 2.45) is 0 Å². The first-order chi connectivity index (χ1) is 12.5. The Morgan fingerprint density at radius 1 is 1.27 bits per heavy atom. The number of aromatic nitrogens is 1. The summed E-state index contributed by atoms with van der Waals surface area (Å²) in [6.07, 6.45) is 0. The highest BCUT2D eigenvalue weighted by Gasteiger charge is 2.20. The Bertz CT molecular complexity index is 989. The molecular weight excluding hydrogens is 366 g/mol. The average Bonchev–Trinajstić information content (AvgIpc) is 3.03. The minimum atomic E-state index is -0.0716. The number of carbonyl (C=O) groups is 1. The van der Waals surface area contributed by atoms with Gasteiger partial charge in [0.25, 0.3) is 5.91 Å². The van der Waals surface area contributed by atoms with Crippen molar-refractivity contribution < 1.29 is 4.79 Å². The van der Waals surface area contributed by atoms with E-state index in [1.54, 1.807) is 24.1 Å². The first kappa shape index (κ1) is 18.1. The van der Waals surface area contributed by atoms with Gasteiger partial charge in [0.05, 0.1) is 17.3 Å². The fraction of sp³-hybridized carbons (Fsp3) is 0.150. The SMILES string of the molecule is Cc1nc(-c2cccc(Cl)c2)sc1C(=O)N(C)Cc1ccc(C#N)cc1. The van der Waals surface area contributed by atoms with Crippen molar-refractivity contribution in [1.82, 2.24) is 9.88 Å². The number of nitriles is 1. The number of hydrogen-bond donors (Lipinski definition) is 0. The molecule has 26 heavy (non-hydrogen) atoms. The van der Waals surface area contributed by atoms with E-state index in [4.69, 9.17) is 16.9 Å². The zero-order chi connectivity index (χ0) is 18.7.